The SMILES string of the molecule is CCC(O)CC(C)C(C)(C)CC(C)(C)O. The summed E-state index contributed by atoms with van der Waals surface area (Å²) in [7, 11) is 0. The van der Waals surface area contributed by atoms with Crippen LogP contribution in [-0.4, -0.2) is 21.9 Å². The average Bonchev–Trinajstić information content (AvgIpc) is 1.99. The molecule has 0 aromatic carbocycles. The molecule has 0 saturated heterocycles. The van der Waals surface area contributed by atoms with E-state index in [1.165, 1.54) is 0 Å². The Hall–Kier alpha value is -0.0800. The highest BCUT2D eigenvalue weighted by molar-refractivity contribution is 4.83. The molecule has 2 N–H and O–H groups in total. The van der Waals surface area contributed by atoms with Crippen LogP contribution in [0.2, 0.25) is 0 Å². The van der Waals surface area contributed by atoms with Gasteiger partial charge in [0.1, 0.15) is 0 Å². The lowest BCUT2D eigenvalue weighted by atomic mass is 9.71. The maximum Gasteiger partial charge on any atom is 0.0597 e. The second kappa shape index (κ2) is 5.31. The van der Waals surface area contributed by atoms with E-state index < -0.39 is 5.60 Å². The lowest BCUT2D eigenvalue weighted by Crippen LogP contribution is -2.34. The van der Waals surface area contributed by atoms with Crippen molar-refractivity contribution in [2.45, 2.75) is 72.5 Å². The molecule has 15 heavy (non-hydrogen) atoms. The van der Waals surface area contributed by atoms with Gasteiger partial charge in [-0.25, -0.2) is 0 Å². The van der Waals surface area contributed by atoms with Crippen molar-refractivity contribution in [3.63, 3.8) is 0 Å². The van der Waals surface area contributed by atoms with E-state index in [1.54, 1.807) is 0 Å². The summed E-state index contributed by atoms with van der Waals surface area (Å²) in [6, 6.07) is 0. The fourth-order valence-corrected chi connectivity index (χ4v) is 2.18. The van der Waals surface area contributed by atoms with Crippen molar-refractivity contribution in [3.05, 3.63) is 0 Å². The Morgan fingerprint density at radius 2 is 1.60 bits per heavy atom. The van der Waals surface area contributed by atoms with Crippen LogP contribution in [-0.2, 0) is 0 Å². The minimum atomic E-state index is -0.630. The molecule has 0 aromatic heterocycles. The molecule has 2 heteroatoms. The van der Waals surface area contributed by atoms with Crippen molar-refractivity contribution in [2.75, 3.05) is 0 Å². The molecule has 0 aliphatic rings. The molecular formula is C13H28O2. The molecule has 0 radical (unpaired) electrons. The maximum absolute atomic E-state index is 9.83. The lowest BCUT2D eigenvalue weighted by molar-refractivity contribution is 0.00280. The van der Waals surface area contributed by atoms with Crippen LogP contribution in [0.3, 0.4) is 0 Å². The quantitative estimate of drug-likeness (QED) is 0.716. The molecule has 0 rings (SSSR count). The van der Waals surface area contributed by atoms with Crippen molar-refractivity contribution in [3.8, 4) is 0 Å². The van der Waals surface area contributed by atoms with Gasteiger partial charge in [-0.15, -0.1) is 0 Å². The highest BCUT2D eigenvalue weighted by Crippen LogP contribution is 2.37. The van der Waals surface area contributed by atoms with Gasteiger partial charge in [-0.3, -0.25) is 0 Å². The summed E-state index contributed by atoms with van der Waals surface area (Å²) in [5, 5.41) is 19.5. The van der Waals surface area contributed by atoms with Crippen LogP contribution in [0.15, 0.2) is 0 Å². The van der Waals surface area contributed by atoms with Crippen LogP contribution in [0.1, 0.15) is 60.8 Å². The standard InChI is InChI=1S/C13H28O2/c1-7-11(14)8-10(2)12(3,4)9-13(5,6)15/h10-11,14-15H,7-9H2,1-6H3. The summed E-state index contributed by atoms with van der Waals surface area (Å²) in [6.07, 6.45) is 2.18. The first-order valence-electron chi connectivity index (χ1n) is 5.99. The smallest absolute Gasteiger partial charge is 0.0597 e. The Morgan fingerprint density at radius 3 is 1.93 bits per heavy atom. The van der Waals surface area contributed by atoms with Gasteiger partial charge < -0.3 is 10.2 Å². The van der Waals surface area contributed by atoms with Gasteiger partial charge in [0.2, 0.25) is 0 Å². The van der Waals surface area contributed by atoms with Crippen molar-refractivity contribution in [1.29, 1.82) is 0 Å². The number of rotatable bonds is 6. The maximum atomic E-state index is 9.83. The first kappa shape index (κ1) is 14.9. The predicted molar refractivity (Wildman–Crippen MR) is 64.8 cm³/mol. The first-order chi connectivity index (χ1) is 6.58. The van der Waals surface area contributed by atoms with Gasteiger partial charge in [0, 0.05) is 0 Å². The Morgan fingerprint density at radius 1 is 1.13 bits per heavy atom. The van der Waals surface area contributed by atoms with Crippen LogP contribution in [0.25, 0.3) is 0 Å². The summed E-state index contributed by atoms with van der Waals surface area (Å²) in [5.74, 6) is 0.416. The third-order valence-corrected chi connectivity index (χ3v) is 3.32. The van der Waals surface area contributed by atoms with E-state index in [4.69, 9.17) is 0 Å². The van der Waals surface area contributed by atoms with Gasteiger partial charge in [0.25, 0.3) is 0 Å². The molecule has 0 fully saturated rings. The van der Waals surface area contributed by atoms with Crippen LogP contribution in [0.5, 0.6) is 0 Å². The number of hydrogen-bond donors (Lipinski definition) is 2. The first-order valence-corrected chi connectivity index (χ1v) is 5.99. The molecule has 0 amide bonds. The van der Waals surface area contributed by atoms with Gasteiger partial charge in [0.15, 0.2) is 0 Å². The Balaban J connectivity index is 4.32. The largest absolute Gasteiger partial charge is 0.393 e. The Kier molecular flexibility index (Phi) is 5.28. The highest BCUT2D eigenvalue weighted by atomic mass is 16.3. The van der Waals surface area contributed by atoms with E-state index in [2.05, 4.69) is 20.8 Å². The van der Waals surface area contributed by atoms with Crippen molar-refractivity contribution in [1.82, 2.24) is 0 Å². The zero-order valence-corrected chi connectivity index (χ0v) is 11.2. The van der Waals surface area contributed by atoms with E-state index in [0.29, 0.717) is 5.92 Å². The molecule has 0 saturated carbocycles. The monoisotopic (exact) mass is 216 g/mol. The van der Waals surface area contributed by atoms with Gasteiger partial charge in [-0.1, -0.05) is 27.7 Å². The molecule has 2 atom stereocenters. The summed E-state index contributed by atoms with van der Waals surface area (Å²) in [6.45, 7) is 12.2. The normalized spacial score (nSPS) is 17.6. The summed E-state index contributed by atoms with van der Waals surface area (Å²) >= 11 is 0. The van der Waals surface area contributed by atoms with Gasteiger partial charge >= 0.3 is 0 Å². The van der Waals surface area contributed by atoms with Crippen molar-refractivity contribution in [2.24, 2.45) is 11.3 Å². The molecule has 0 aliphatic heterocycles. The van der Waals surface area contributed by atoms with Crippen LogP contribution < -0.4 is 0 Å². The summed E-state index contributed by atoms with van der Waals surface area (Å²) in [5.41, 5.74) is -0.566. The molecule has 0 aliphatic carbocycles. The van der Waals surface area contributed by atoms with E-state index in [9.17, 15) is 10.2 Å². The zero-order chi connectivity index (χ0) is 12.3. The zero-order valence-electron chi connectivity index (χ0n) is 11.2. The molecule has 0 aromatic rings. The second-order valence-electron chi connectivity index (χ2n) is 6.18. The fraction of sp³-hybridized carbons (Fsp3) is 1.00. The minimum absolute atomic E-state index is 0.0639. The van der Waals surface area contributed by atoms with E-state index in [-0.39, 0.29) is 11.5 Å². The molecule has 92 valence electrons. The van der Waals surface area contributed by atoms with E-state index in [1.807, 2.05) is 20.8 Å². The van der Waals surface area contributed by atoms with E-state index in [0.717, 1.165) is 19.3 Å². The Bertz CT molecular complexity index is 179. The lowest BCUT2D eigenvalue weighted by Gasteiger charge is -2.37. The van der Waals surface area contributed by atoms with Gasteiger partial charge in [-0.05, 0) is 44.4 Å². The summed E-state index contributed by atoms with van der Waals surface area (Å²) in [4.78, 5) is 0. The molecule has 0 bridgehead atoms. The van der Waals surface area contributed by atoms with Gasteiger partial charge in [-0.2, -0.15) is 0 Å². The topological polar surface area (TPSA) is 40.5 Å². The molecular weight excluding hydrogens is 188 g/mol. The predicted octanol–water partition coefficient (Wildman–Crippen LogP) is 2.97. The Labute approximate surface area is 94.7 Å². The molecule has 2 unspecified atom stereocenters. The number of aliphatic hydroxyl groups is 2. The third-order valence-electron chi connectivity index (χ3n) is 3.32. The highest BCUT2D eigenvalue weighted by Gasteiger charge is 2.32. The van der Waals surface area contributed by atoms with Gasteiger partial charge in [0.05, 0.1) is 11.7 Å². The van der Waals surface area contributed by atoms with Crippen LogP contribution >= 0.6 is 0 Å². The minimum Gasteiger partial charge on any atom is -0.393 e. The number of aliphatic hydroxyl groups excluding tert-OH is 1. The van der Waals surface area contributed by atoms with Crippen molar-refractivity contribution < 1.29 is 10.2 Å². The van der Waals surface area contributed by atoms with E-state index >= 15 is 0 Å². The van der Waals surface area contributed by atoms with Crippen LogP contribution in [0.4, 0.5) is 0 Å². The number of hydrogen-bond acceptors (Lipinski definition) is 2. The summed E-state index contributed by atoms with van der Waals surface area (Å²) < 4.78 is 0. The molecule has 2 nitrogen and oxygen atoms in total. The third kappa shape index (κ3) is 6.16. The fourth-order valence-electron chi connectivity index (χ4n) is 2.18. The second-order valence-corrected chi connectivity index (χ2v) is 6.18. The van der Waals surface area contributed by atoms with Crippen LogP contribution in [0, 0.1) is 11.3 Å². The molecule has 0 spiro atoms. The van der Waals surface area contributed by atoms with Crippen molar-refractivity contribution >= 4 is 0 Å². The molecule has 0 heterocycles. The average molecular weight is 216 g/mol.